The highest BCUT2D eigenvalue weighted by Crippen LogP contribution is 2.26. The summed E-state index contributed by atoms with van der Waals surface area (Å²) in [4.78, 5) is 0.159. The van der Waals surface area contributed by atoms with Crippen molar-refractivity contribution < 1.29 is 13.2 Å². The Bertz CT molecular complexity index is 730. The molecular formula is C14H15N3O3S. The summed E-state index contributed by atoms with van der Waals surface area (Å²) >= 11 is 0. The lowest BCUT2D eigenvalue weighted by Gasteiger charge is -2.13. The Balaban J connectivity index is 2.25. The first-order chi connectivity index (χ1) is 9.99. The summed E-state index contributed by atoms with van der Waals surface area (Å²) in [5.41, 5.74) is 5.52. The quantitative estimate of drug-likeness (QED) is 0.559. The van der Waals surface area contributed by atoms with Gasteiger partial charge in [-0.25, -0.2) is 8.42 Å². The molecule has 4 N–H and O–H groups in total. The van der Waals surface area contributed by atoms with E-state index < -0.39 is 10.0 Å². The Morgan fingerprint density at radius 2 is 1.71 bits per heavy atom. The molecule has 7 heteroatoms. The number of rotatable bonds is 6. The molecule has 0 saturated heterocycles. The van der Waals surface area contributed by atoms with Crippen LogP contribution in [0.2, 0.25) is 0 Å². The fourth-order valence-corrected chi connectivity index (χ4v) is 2.73. The van der Waals surface area contributed by atoms with Crippen LogP contribution in [-0.4, -0.2) is 20.9 Å². The fraction of sp³-hybridized carbons (Fsp3) is 0.0714. The number of amidine groups is 1. The molecule has 0 amide bonds. The topological polar surface area (TPSA) is 105 Å². The monoisotopic (exact) mass is 305 g/mol. The number of benzene rings is 2. The van der Waals surface area contributed by atoms with Gasteiger partial charge in [0.2, 0.25) is 0 Å². The van der Waals surface area contributed by atoms with Gasteiger partial charge >= 0.3 is 0 Å². The smallest absolute Gasteiger partial charge is 0.262 e. The van der Waals surface area contributed by atoms with E-state index in [2.05, 4.69) is 4.72 Å². The van der Waals surface area contributed by atoms with Crippen LogP contribution in [-0.2, 0) is 10.0 Å². The molecule has 0 aliphatic heterocycles. The summed E-state index contributed by atoms with van der Waals surface area (Å²) in [7, 11) is -3.69. The van der Waals surface area contributed by atoms with E-state index in [1.165, 1.54) is 12.1 Å². The minimum atomic E-state index is -3.69. The lowest BCUT2D eigenvalue weighted by Crippen LogP contribution is -2.20. The first-order valence-corrected chi connectivity index (χ1v) is 7.60. The summed E-state index contributed by atoms with van der Waals surface area (Å²) in [6.07, 6.45) is 0. The average Bonchev–Trinajstić information content (AvgIpc) is 2.47. The van der Waals surface area contributed by atoms with Gasteiger partial charge in [-0.2, -0.15) is 0 Å². The Morgan fingerprint density at radius 3 is 2.38 bits per heavy atom. The van der Waals surface area contributed by atoms with E-state index in [0.717, 1.165) is 0 Å². The van der Waals surface area contributed by atoms with Crippen LogP contribution in [0.25, 0.3) is 0 Å². The van der Waals surface area contributed by atoms with Gasteiger partial charge < -0.3 is 10.5 Å². The molecule has 0 bridgehead atoms. The SMILES string of the molecule is N=C(N)COc1ccccc1NS(=O)(=O)c1ccccc1. The third kappa shape index (κ3) is 3.96. The molecule has 21 heavy (non-hydrogen) atoms. The van der Waals surface area contributed by atoms with Gasteiger partial charge in [0.15, 0.2) is 0 Å². The predicted octanol–water partition coefficient (Wildman–Crippen LogP) is 1.80. The number of ether oxygens (including phenoxy) is 1. The van der Waals surface area contributed by atoms with Gasteiger partial charge in [-0.3, -0.25) is 10.1 Å². The molecule has 0 spiro atoms. The van der Waals surface area contributed by atoms with Crippen molar-refractivity contribution in [1.29, 1.82) is 5.41 Å². The average molecular weight is 305 g/mol. The standard InChI is InChI=1S/C14H15N3O3S/c15-14(16)10-20-13-9-5-4-8-12(13)17-21(18,19)11-6-2-1-3-7-11/h1-9,17H,10H2,(H3,15,16). The van der Waals surface area contributed by atoms with Crippen LogP contribution in [0, 0.1) is 5.41 Å². The van der Waals surface area contributed by atoms with Gasteiger partial charge in [0.25, 0.3) is 10.0 Å². The lowest BCUT2D eigenvalue weighted by molar-refractivity contribution is 0.376. The Morgan fingerprint density at radius 1 is 1.10 bits per heavy atom. The van der Waals surface area contributed by atoms with E-state index in [4.69, 9.17) is 15.9 Å². The van der Waals surface area contributed by atoms with Crippen molar-refractivity contribution in [2.24, 2.45) is 5.73 Å². The van der Waals surface area contributed by atoms with Gasteiger partial charge in [-0.15, -0.1) is 0 Å². The molecular weight excluding hydrogens is 290 g/mol. The van der Waals surface area contributed by atoms with E-state index in [0.29, 0.717) is 11.4 Å². The first kappa shape index (κ1) is 14.9. The zero-order valence-corrected chi connectivity index (χ0v) is 11.9. The molecule has 0 heterocycles. The molecule has 0 aliphatic carbocycles. The summed E-state index contributed by atoms with van der Waals surface area (Å²) in [6.45, 7) is -0.107. The molecule has 0 atom stereocenters. The molecule has 2 aromatic rings. The van der Waals surface area contributed by atoms with Gasteiger partial charge in [-0.1, -0.05) is 30.3 Å². The number of para-hydroxylation sites is 2. The molecule has 0 unspecified atom stereocenters. The molecule has 0 saturated carbocycles. The minimum Gasteiger partial charge on any atom is -0.484 e. The maximum absolute atomic E-state index is 12.3. The van der Waals surface area contributed by atoms with Crippen LogP contribution in [0.3, 0.4) is 0 Å². The second-order valence-corrected chi connectivity index (χ2v) is 5.91. The highest BCUT2D eigenvalue weighted by molar-refractivity contribution is 7.92. The molecule has 2 aromatic carbocycles. The lowest BCUT2D eigenvalue weighted by atomic mass is 10.3. The molecule has 0 aromatic heterocycles. The molecule has 0 fully saturated rings. The Labute approximate surface area is 123 Å². The van der Waals surface area contributed by atoms with Crippen LogP contribution in [0.15, 0.2) is 59.5 Å². The molecule has 0 radical (unpaired) electrons. The van der Waals surface area contributed by atoms with Crippen LogP contribution in [0.4, 0.5) is 5.69 Å². The second kappa shape index (κ2) is 6.27. The number of anilines is 1. The predicted molar refractivity (Wildman–Crippen MR) is 81.1 cm³/mol. The van der Waals surface area contributed by atoms with E-state index in [9.17, 15) is 8.42 Å². The van der Waals surface area contributed by atoms with Gasteiger partial charge in [0.05, 0.1) is 10.6 Å². The Hall–Kier alpha value is -2.54. The van der Waals surface area contributed by atoms with Crippen LogP contribution >= 0.6 is 0 Å². The summed E-state index contributed by atoms with van der Waals surface area (Å²) in [6, 6.07) is 14.6. The number of nitrogens with one attached hydrogen (secondary N) is 2. The van der Waals surface area contributed by atoms with Crippen molar-refractivity contribution in [1.82, 2.24) is 0 Å². The highest BCUT2D eigenvalue weighted by atomic mass is 32.2. The summed E-state index contributed by atoms with van der Waals surface area (Å²) in [5.74, 6) is 0.169. The number of sulfonamides is 1. The number of hydrogen-bond donors (Lipinski definition) is 3. The maximum Gasteiger partial charge on any atom is 0.262 e. The largest absolute Gasteiger partial charge is 0.484 e. The van der Waals surface area contributed by atoms with E-state index >= 15 is 0 Å². The van der Waals surface area contributed by atoms with Gasteiger partial charge in [0, 0.05) is 0 Å². The zero-order valence-electron chi connectivity index (χ0n) is 11.1. The van der Waals surface area contributed by atoms with Crippen molar-refractivity contribution in [3.8, 4) is 5.75 Å². The summed E-state index contributed by atoms with van der Waals surface area (Å²) < 4.78 is 32.3. The van der Waals surface area contributed by atoms with Crippen LogP contribution in [0.5, 0.6) is 5.75 Å². The van der Waals surface area contributed by atoms with Gasteiger partial charge in [0.1, 0.15) is 18.2 Å². The van der Waals surface area contributed by atoms with Crippen LogP contribution in [0.1, 0.15) is 0 Å². The Kier molecular flexibility index (Phi) is 4.44. The highest BCUT2D eigenvalue weighted by Gasteiger charge is 2.15. The van der Waals surface area contributed by atoms with Crippen molar-refractivity contribution in [3.05, 3.63) is 54.6 Å². The van der Waals surface area contributed by atoms with Gasteiger partial charge in [-0.05, 0) is 24.3 Å². The fourth-order valence-electron chi connectivity index (χ4n) is 1.64. The zero-order chi connectivity index (χ0) is 15.3. The third-order valence-electron chi connectivity index (χ3n) is 2.57. The number of hydrogen-bond acceptors (Lipinski definition) is 4. The second-order valence-electron chi connectivity index (χ2n) is 4.23. The van der Waals surface area contributed by atoms with Crippen molar-refractivity contribution in [3.63, 3.8) is 0 Å². The van der Waals surface area contributed by atoms with Crippen molar-refractivity contribution >= 4 is 21.5 Å². The molecule has 6 nitrogen and oxygen atoms in total. The summed E-state index contributed by atoms with van der Waals surface area (Å²) in [5, 5.41) is 7.14. The van der Waals surface area contributed by atoms with E-state index in [-0.39, 0.29) is 17.3 Å². The van der Waals surface area contributed by atoms with Crippen LogP contribution < -0.4 is 15.2 Å². The maximum atomic E-state index is 12.3. The molecule has 0 aliphatic rings. The first-order valence-electron chi connectivity index (χ1n) is 6.11. The minimum absolute atomic E-state index is 0.107. The molecule has 110 valence electrons. The normalized spacial score (nSPS) is 10.9. The molecule has 2 rings (SSSR count). The van der Waals surface area contributed by atoms with E-state index in [1.807, 2.05) is 0 Å². The van der Waals surface area contributed by atoms with Crippen molar-refractivity contribution in [2.45, 2.75) is 4.90 Å². The third-order valence-corrected chi connectivity index (χ3v) is 3.95. The van der Waals surface area contributed by atoms with Crippen molar-refractivity contribution in [2.75, 3.05) is 11.3 Å². The number of nitrogens with two attached hydrogens (primary N) is 1. The van der Waals surface area contributed by atoms with E-state index in [1.54, 1.807) is 42.5 Å².